The van der Waals surface area contributed by atoms with Gasteiger partial charge in [-0.2, -0.15) is 0 Å². The second-order valence-corrected chi connectivity index (χ2v) is 3.74. The van der Waals surface area contributed by atoms with Crippen LogP contribution in [0.1, 0.15) is 10.4 Å². The number of carboxylic acids is 1. The molecule has 0 aliphatic rings. The first kappa shape index (κ1) is 9.54. The van der Waals surface area contributed by atoms with Gasteiger partial charge in [0.1, 0.15) is 5.75 Å². The van der Waals surface area contributed by atoms with Crippen molar-refractivity contribution in [1.29, 1.82) is 0 Å². The maximum atomic E-state index is 10.5. The Hall–Kier alpha value is -0.550. The van der Waals surface area contributed by atoms with Gasteiger partial charge in [-0.1, -0.05) is 0 Å². The standard InChI is InChI=1S/C7H4Br2O3/c8-4-1-3(7(11)12)2-5(10)6(4)9/h1-2,10H,(H,11,12). The van der Waals surface area contributed by atoms with Crippen LogP contribution >= 0.6 is 31.9 Å². The third-order valence-corrected chi connectivity index (χ3v) is 3.25. The molecular weight excluding hydrogens is 292 g/mol. The summed E-state index contributed by atoms with van der Waals surface area (Å²) in [7, 11) is 0. The molecule has 0 aromatic heterocycles. The summed E-state index contributed by atoms with van der Waals surface area (Å²) in [5, 5.41) is 17.8. The summed E-state index contributed by atoms with van der Waals surface area (Å²) in [6.45, 7) is 0. The van der Waals surface area contributed by atoms with E-state index in [9.17, 15) is 9.90 Å². The molecule has 0 aliphatic heterocycles. The summed E-state index contributed by atoms with van der Waals surface area (Å²) in [4.78, 5) is 10.5. The monoisotopic (exact) mass is 294 g/mol. The van der Waals surface area contributed by atoms with Crippen LogP contribution in [0.25, 0.3) is 0 Å². The van der Waals surface area contributed by atoms with Crippen molar-refractivity contribution in [3.63, 3.8) is 0 Å². The molecule has 0 saturated carbocycles. The Kier molecular flexibility index (Phi) is 2.74. The van der Waals surface area contributed by atoms with Crippen LogP contribution < -0.4 is 0 Å². The Morgan fingerprint density at radius 1 is 1.33 bits per heavy atom. The number of benzene rings is 1. The number of hydrogen-bond donors (Lipinski definition) is 2. The van der Waals surface area contributed by atoms with E-state index in [-0.39, 0.29) is 11.3 Å². The lowest BCUT2D eigenvalue weighted by atomic mass is 10.2. The first-order chi connectivity index (χ1) is 5.52. The van der Waals surface area contributed by atoms with Gasteiger partial charge in [-0.3, -0.25) is 0 Å². The molecule has 0 spiro atoms. The molecule has 0 heterocycles. The van der Waals surface area contributed by atoms with E-state index in [0.29, 0.717) is 8.95 Å². The topological polar surface area (TPSA) is 57.5 Å². The van der Waals surface area contributed by atoms with E-state index < -0.39 is 5.97 Å². The quantitative estimate of drug-likeness (QED) is 0.837. The molecule has 1 aromatic rings. The third-order valence-electron chi connectivity index (χ3n) is 1.26. The fourth-order valence-corrected chi connectivity index (χ4v) is 1.38. The van der Waals surface area contributed by atoms with Gasteiger partial charge in [0.2, 0.25) is 0 Å². The molecule has 2 N–H and O–H groups in total. The lowest BCUT2D eigenvalue weighted by molar-refractivity contribution is 0.0696. The maximum Gasteiger partial charge on any atom is 0.335 e. The Balaban J connectivity index is 3.31. The number of carbonyl (C=O) groups is 1. The van der Waals surface area contributed by atoms with E-state index in [1.54, 1.807) is 0 Å². The number of aromatic carboxylic acids is 1. The van der Waals surface area contributed by atoms with Crippen LogP contribution in [-0.2, 0) is 0 Å². The summed E-state index contributed by atoms with van der Waals surface area (Å²) in [5.41, 5.74) is 0.0441. The predicted octanol–water partition coefficient (Wildman–Crippen LogP) is 2.62. The smallest absolute Gasteiger partial charge is 0.335 e. The number of carboxylic acid groups (broad SMARTS) is 1. The van der Waals surface area contributed by atoms with Crippen LogP contribution in [0.3, 0.4) is 0 Å². The Morgan fingerprint density at radius 2 is 1.92 bits per heavy atom. The molecule has 0 fully saturated rings. The normalized spacial score (nSPS) is 9.83. The van der Waals surface area contributed by atoms with Gasteiger partial charge in [0.05, 0.1) is 10.0 Å². The molecule has 0 radical (unpaired) electrons. The zero-order valence-corrected chi connectivity index (χ0v) is 8.89. The highest BCUT2D eigenvalue weighted by Crippen LogP contribution is 2.32. The number of hydrogen-bond acceptors (Lipinski definition) is 2. The van der Waals surface area contributed by atoms with E-state index in [1.807, 2.05) is 0 Å². The Labute approximate surface area is 85.3 Å². The number of phenols is 1. The van der Waals surface area contributed by atoms with E-state index in [4.69, 9.17) is 5.11 Å². The van der Waals surface area contributed by atoms with Crippen molar-refractivity contribution in [3.05, 3.63) is 26.6 Å². The molecule has 0 saturated heterocycles. The number of halogens is 2. The SMILES string of the molecule is O=C(O)c1cc(O)c(Br)c(Br)c1. The molecule has 12 heavy (non-hydrogen) atoms. The van der Waals surface area contributed by atoms with Gasteiger partial charge in [0, 0.05) is 4.47 Å². The molecule has 0 atom stereocenters. The summed E-state index contributed by atoms with van der Waals surface area (Å²) in [6, 6.07) is 2.59. The molecule has 5 heteroatoms. The van der Waals surface area contributed by atoms with Crippen molar-refractivity contribution in [2.75, 3.05) is 0 Å². The molecule has 1 rings (SSSR count). The highest BCUT2D eigenvalue weighted by atomic mass is 79.9. The lowest BCUT2D eigenvalue weighted by Crippen LogP contribution is -1.95. The van der Waals surface area contributed by atoms with Crippen molar-refractivity contribution >= 4 is 37.8 Å². The van der Waals surface area contributed by atoms with Crippen molar-refractivity contribution < 1.29 is 15.0 Å². The van der Waals surface area contributed by atoms with Gasteiger partial charge in [-0.25, -0.2) is 4.79 Å². The number of aromatic hydroxyl groups is 1. The summed E-state index contributed by atoms with van der Waals surface area (Å²) in [5.74, 6) is -1.17. The van der Waals surface area contributed by atoms with Crippen LogP contribution in [0.5, 0.6) is 5.75 Å². The van der Waals surface area contributed by atoms with Gasteiger partial charge in [-0.15, -0.1) is 0 Å². The zero-order chi connectivity index (χ0) is 9.30. The van der Waals surface area contributed by atoms with Crippen molar-refractivity contribution in [3.8, 4) is 5.75 Å². The van der Waals surface area contributed by atoms with Gasteiger partial charge in [-0.05, 0) is 44.0 Å². The number of phenolic OH excluding ortho intramolecular Hbond substituents is 1. The summed E-state index contributed by atoms with van der Waals surface area (Å²) < 4.78 is 0.965. The minimum absolute atomic E-state index is 0.0441. The molecule has 0 aliphatic carbocycles. The number of rotatable bonds is 1. The molecule has 0 bridgehead atoms. The fourth-order valence-electron chi connectivity index (χ4n) is 0.698. The van der Waals surface area contributed by atoms with Gasteiger partial charge in [0.15, 0.2) is 0 Å². The Morgan fingerprint density at radius 3 is 2.33 bits per heavy atom. The fraction of sp³-hybridized carbons (Fsp3) is 0. The highest BCUT2D eigenvalue weighted by Gasteiger charge is 2.09. The molecule has 0 unspecified atom stereocenters. The molecule has 64 valence electrons. The summed E-state index contributed by atoms with van der Waals surface area (Å²) >= 11 is 6.17. The largest absolute Gasteiger partial charge is 0.507 e. The van der Waals surface area contributed by atoms with Gasteiger partial charge >= 0.3 is 5.97 Å². The van der Waals surface area contributed by atoms with Crippen molar-refractivity contribution in [2.45, 2.75) is 0 Å². The minimum Gasteiger partial charge on any atom is -0.507 e. The van der Waals surface area contributed by atoms with E-state index in [2.05, 4.69) is 31.9 Å². The average molecular weight is 296 g/mol. The maximum absolute atomic E-state index is 10.5. The van der Waals surface area contributed by atoms with E-state index >= 15 is 0 Å². The van der Waals surface area contributed by atoms with Crippen molar-refractivity contribution in [2.24, 2.45) is 0 Å². The van der Waals surface area contributed by atoms with Gasteiger partial charge in [0.25, 0.3) is 0 Å². The third kappa shape index (κ3) is 1.78. The minimum atomic E-state index is -1.07. The molecule has 3 nitrogen and oxygen atoms in total. The van der Waals surface area contributed by atoms with E-state index in [1.165, 1.54) is 12.1 Å². The second-order valence-electron chi connectivity index (χ2n) is 2.10. The van der Waals surface area contributed by atoms with Crippen LogP contribution in [0.2, 0.25) is 0 Å². The molecule has 1 aromatic carbocycles. The van der Waals surface area contributed by atoms with Gasteiger partial charge < -0.3 is 10.2 Å². The second kappa shape index (κ2) is 3.45. The van der Waals surface area contributed by atoms with Crippen molar-refractivity contribution in [1.82, 2.24) is 0 Å². The van der Waals surface area contributed by atoms with Crippen LogP contribution in [0.15, 0.2) is 21.1 Å². The van der Waals surface area contributed by atoms with E-state index in [0.717, 1.165) is 0 Å². The summed E-state index contributed by atoms with van der Waals surface area (Å²) in [6.07, 6.45) is 0. The van der Waals surface area contributed by atoms with Crippen LogP contribution in [0.4, 0.5) is 0 Å². The molecular formula is C7H4Br2O3. The first-order valence-corrected chi connectivity index (χ1v) is 4.52. The average Bonchev–Trinajstić information content (AvgIpc) is 1.99. The Bertz CT molecular complexity index is 312. The zero-order valence-electron chi connectivity index (χ0n) is 5.71. The highest BCUT2D eigenvalue weighted by molar-refractivity contribution is 9.13. The van der Waals surface area contributed by atoms with Crippen LogP contribution in [0, 0.1) is 0 Å². The lowest BCUT2D eigenvalue weighted by Gasteiger charge is -2.01. The van der Waals surface area contributed by atoms with Crippen LogP contribution in [-0.4, -0.2) is 16.2 Å². The molecule has 0 amide bonds. The first-order valence-electron chi connectivity index (χ1n) is 2.93. The predicted molar refractivity (Wildman–Crippen MR) is 50.5 cm³/mol.